The normalized spacial score (nSPS) is 21.8. The molecule has 0 aromatic carbocycles. The van der Waals surface area contributed by atoms with Crippen LogP contribution in [0, 0.1) is 0 Å². The molecule has 0 aromatic heterocycles. The number of rotatable bonds is 7. The van der Waals surface area contributed by atoms with Crippen LogP contribution in [0.5, 0.6) is 0 Å². The predicted octanol–water partition coefficient (Wildman–Crippen LogP) is 2.23. The summed E-state index contributed by atoms with van der Waals surface area (Å²) >= 11 is 0. The molecule has 0 bridgehead atoms. The van der Waals surface area contributed by atoms with Crippen LogP contribution in [0.25, 0.3) is 0 Å². The first-order valence-corrected chi connectivity index (χ1v) is 9.16. The maximum atomic E-state index is 8.88. The Morgan fingerprint density at radius 3 is 2.47 bits per heavy atom. The zero-order valence-corrected chi connectivity index (χ0v) is 11.0. The first kappa shape index (κ1) is 13.2. The van der Waals surface area contributed by atoms with Gasteiger partial charge in [0, 0.05) is 6.61 Å². The van der Waals surface area contributed by atoms with Crippen LogP contribution in [0.3, 0.4) is 0 Å². The minimum atomic E-state index is -1.13. The van der Waals surface area contributed by atoms with Crippen molar-refractivity contribution in [1.82, 2.24) is 0 Å². The fourth-order valence-electron chi connectivity index (χ4n) is 2.02. The standard InChI is InChI=1S/C11H24O3Si/c1-3-15(2,9-4-6-12)10-5-11-13-7-8-14-11/h11-12H,3-10H2,1-2H3. The Labute approximate surface area is 93.8 Å². The maximum Gasteiger partial charge on any atom is 0.157 e. The molecule has 0 amide bonds. The molecule has 1 unspecified atom stereocenters. The Morgan fingerprint density at radius 1 is 1.27 bits per heavy atom. The lowest BCUT2D eigenvalue weighted by molar-refractivity contribution is -0.0432. The van der Waals surface area contributed by atoms with Crippen LogP contribution in [-0.4, -0.2) is 39.3 Å². The number of hydrogen-bond acceptors (Lipinski definition) is 3. The first-order chi connectivity index (χ1) is 7.20. The van der Waals surface area contributed by atoms with Gasteiger partial charge in [-0.25, -0.2) is 0 Å². The maximum absolute atomic E-state index is 8.88. The Kier molecular flexibility index (Phi) is 5.82. The lowest BCUT2D eigenvalue weighted by Gasteiger charge is -2.26. The predicted molar refractivity (Wildman–Crippen MR) is 63.7 cm³/mol. The number of aliphatic hydroxyl groups is 1. The van der Waals surface area contributed by atoms with Gasteiger partial charge >= 0.3 is 0 Å². The van der Waals surface area contributed by atoms with E-state index in [2.05, 4.69) is 13.5 Å². The topological polar surface area (TPSA) is 38.7 Å². The number of aliphatic hydroxyl groups excluding tert-OH is 1. The molecule has 1 heterocycles. The Hall–Kier alpha value is 0.0969. The molecule has 0 radical (unpaired) electrons. The second-order valence-corrected chi connectivity index (χ2v) is 10.0. The van der Waals surface area contributed by atoms with Gasteiger partial charge in [-0.05, 0) is 12.8 Å². The summed E-state index contributed by atoms with van der Waals surface area (Å²) in [5.41, 5.74) is 0. The molecule has 0 aliphatic carbocycles. The van der Waals surface area contributed by atoms with Crippen molar-refractivity contribution in [2.75, 3.05) is 19.8 Å². The highest BCUT2D eigenvalue weighted by atomic mass is 28.3. The van der Waals surface area contributed by atoms with Crippen LogP contribution in [0.1, 0.15) is 19.8 Å². The van der Waals surface area contributed by atoms with Crippen LogP contribution >= 0.6 is 0 Å². The molecule has 1 fully saturated rings. The summed E-state index contributed by atoms with van der Waals surface area (Å²) in [5, 5.41) is 8.88. The van der Waals surface area contributed by atoms with Crippen molar-refractivity contribution in [3.63, 3.8) is 0 Å². The molecule has 0 aromatic rings. The van der Waals surface area contributed by atoms with E-state index >= 15 is 0 Å². The minimum absolute atomic E-state index is 0.0532. The Bertz CT molecular complexity index is 171. The van der Waals surface area contributed by atoms with Gasteiger partial charge in [0.1, 0.15) is 0 Å². The molecule has 4 heteroatoms. The highest BCUT2D eigenvalue weighted by Gasteiger charge is 2.26. The van der Waals surface area contributed by atoms with Crippen LogP contribution in [-0.2, 0) is 9.47 Å². The quantitative estimate of drug-likeness (QED) is 0.684. The summed E-state index contributed by atoms with van der Waals surface area (Å²) in [7, 11) is -1.13. The SMILES string of the molecule is CC[Si](C)(CCCO)CCC1OCCO1. The summed E-state index contributed by atoms with van der Waals surface area (Å²) in [5.74, 6) is 0. The molecule has 1 saturated heterocycles. The summed E-state index contributed by atoms with van der Waals surface area (Å²) in [4.78, 5) is 0. The summed E-state index contributed by atoms with van der Waals surface area (Å²) in [6, 6.07) is 3.78. The van der Waals surface area contributed by atoms with Gasteiger partial charge in [-0.2, -0.15) is 0 Å². The highest BCUT2D eigenvalue weighted by molar-refractivity contribution is 6.78. The molecule has 15 heavy (non-hydrogen) atoms. The average molecular weight is 232 g/mol. The van der Waals surface area contributed by atoms with Crippen molar-refractivity contribution in [3.8, 4) is 0 Å². The van der Waals surface area contributed by atoms with E-state index in [4.69, 9.17) is 14.6 Å². The number of ether oxygens (including phenoxy) is 2. The molecule has 1 rings (SSSR count). The summed E-state index contributed by atoms with van der Waals surface area (Å²) in [6.45, 7) is 6.55. The third-order valence-corrected chi connectivity index (χ3v) is 8.23. The van der Waals surface area contributed by atoms with E-state index in [1.165, 1.54) is 18.1 Å². The van der Waals surface area contributed by atoms with E-state index in [1.54, 1.807) is 0 Å². The molecule has 0 spiro atoms. The van der Waals surface area contributed by atoms with Gasteiger partial charge in [0.15, 0.2) is 6.29 Å². The first-order valence-electron chi connectivity index (χ1n) is 6.04. The molecule has 0 saturated carbocycles. The molecule has 90 valence electrons. The van der Waals surface area contributed by atoms with Gasteiger partial charge < -0.3 is 14.6 Å². The van der Waals surface area contributed by atoms with Crippen LogP contribution in [0.4, 0.5) is 0 Å². The second kappa shape index (κ2) is 6.63. The van der Waals surface area contributed by atoms with Crippen molar-refractivity contribution in [2.24, 2.45) is 0 Å². The van der Waals surface area contributed by atoms with E-state index in [1.807, 2.05) is 0 Å². The fourth-order valence-corrected chi connectivity index (χ4v) is 4.93. The van der Waals surface area contributed by atoms with Crippen molar-refractivity contribution in [1.29, 1.82) is 0 Å². The molecular formula is C11H24O3Si. The zero-order chi connectivity index (χ0) is 11.1. The van der Waals surface area contributed by atoms with Gasteiger partial charge in [-0.1, -0.05) is 31.6 Å². The lowest BCUT2D eigenvalue weighted by atomic mass is 10.5. The molecule has 1 atom stereocenters. The van der Waals surface area contributed by atoms with Gasteiger partial charge in [0.25, 0.3) is 0 Å². The third kappa shape index (κ3) is 4.63. The van der Waals surface area contributed by atoms with Crippen LogP contribution < -0.4 is 0 Å². The van der Waals surface area contributed by atoms with E-state index in [0.29, 0.717) is 6.61 Å². The van der Waals surface area contributed by atoms with Crippen LogP contribution in [0.15, 0.2) is 0 Å². The smallest absolute Gasteiger partial charge is 0.157 e. The van der Waals surface area contributed by atoms with Crippen molar-refractivity contribution >= 4 is 8.07 Å². The molecule has 1 aliphatic rings. The molecule has 3 nitrogen and oxygen atoms in total. The van der Waals surface area contributed by atoms with Gasteiger partial charge in [-0.3, -0.25) is 0 Å². The van der Waals surface area contributed by atoms with Gasteiger partial charge in [-0.15, -0.1) is 0 Å². The number of hydrogen-bond donors (Lipinski definition) is 1. The average Bonchev–Trinajstić information content (AvgIpc) is 2.76. The molecular weight excluding hydrogens is 208 g/mol. The summed E-state index contributed by atoms with van der Waals surface area (Å²) in [6.07, 6.45) is 2.06. The van der Waals surface area contributed by atoms with Crippen molar-refractivity contribution in [3.05, 3.63) is 0 Å². The largest absolute Gasteiger partial charge is 0.396 e. The third-order valence-electron chi connectivity index (χ3n) is 3.47. The van der Waals surface area contributed by atoms with Crippen molar-refractivity contribution in [2.45, 2.75) is 50.7 Å². The van der Waals surface area contributed by atoms with Gasteiger partial charge in [0.2, 0.25) is 0 Å². The van der Waals surface area contributed by atoms with Gasteiger partial charge in [0.05, 0.1) is 21.3 Å². The second-order valence-electron chi connectivity index (χ2n) is 4.70. The van der Waals surface area contributed by atoms with Crippen LogP contribution in [0.2, 0.25) is 24.7 Å². The van der Waals surface area contributed by atoms with Crippen molar-refractivity contribution < 1.29 is 14.6 Å². The lowest BCUT2D eigenvalue weighted by Crippen LogP contribution is -2.30. The minimum Gasteiger partial charge on any atom is -0.396 e. The molecule has 1 aliphatic heterocycles. The van der Waals surface area contributed by atoms with E-state index in [-0.39, 0.29) is 6.29 Å². The Balaban J connectivity index is 2.24. The van der Waals surface area contributed by atoms with E-state index < -0.39 is 8.07 Å². The highest BCUT2D eigenvalue weighted by Crippen LogP contribution is 2.26. The monoisotopic (exact) mass is 232 g/mol. The zero-order valence-electron chi connectivity index (χ0n) is 10.00. The molecule has 1 N–H and O–H groups in total. The Morgan fingerprint density at radius 2 is 1.93 bits per heavy atom. The fraction of sp³-hybridized carbons (Fsp3) is 1.00. The van der Waals surface area contributed by atoms with E-state index in [0.717, 1.165) is 26.1 Å². The van der Waals surface area contributed by atoms with E-state index in [9.17, 15) is 0 Å². The summed E-state index contributed by atoms with van der Waals surface area (Å²) < 4.78 is 10.9.